The van der Waals surface area contributed by atoms with Gasteiger partial charge in [0.25, 0.3) is 0 Å². The van der Waals surface area contributed by atoms with Crippen molar-refractivity contribution in [3.05, 3.63) is 86.7 Å². The van der Waals surface area contributed by atoms with Crippen molar-refractivity contribution in [2.45, 2.75) is 26.5 Å². The number of carbonyl (C=O) groups excluding carboxylic acids is 1. The molecule has 1 amide bonds. The van der Waals surface area contributed by atoms with Gasteiger partial charge < -0.3 is 4.57 Å². The summed E-state index contributed by atoms with van der Waals surface area (Å²) in [6.45, 7) is 6.04. The summed E-state index contributed by atoms with van der Waals surface area (Å²) in [6.07, 6.45) is 1.65. The van der Waals surface area contributed by atoms with Crippen LogP contribution in [0.2, 0.25) is 10.0 Å². The zero-order chi connectivity index (χ0) is 21.7. The molecule has 0 aliphatic rings. The highest BCUT2D eigenvalue weighted by Gasteiger charge is 2.13. The van der Waals surface area contributed by atoms with Gasteiger partial charge in [0.15, 0.2) is 0 Å². The van der Waals surface area contributed by atoms with Crippen LogP contribution in [0.4, 0.5) is 0 Å². The third kappa shape index (κ3) is 5.28. The lowest BCUT2D eigenvalue weighted by Gasteiger charge is -2.12. The van der Waals surface area contributed by atoms with E-state index >= 15 is 0 Å². The van der Waals surface area contributed by atoms with E-state index in [4.69, 9.17) is 23.2 Å². The molecule has 30 heavy (non-hydrogen) atoms. The first-order valence-electron chi connectivity index (χ1n) is 9.46. The molecule has 0 saturated carbocycles. The fourth-order valence-electron chi connectivity index (χ4n) is 3.19. The smallest absolute Gasteiger partial charge is 0.250 e. The summed E-state index contributed by atoms with van der Waals surface area (Å²) in [5.41, 5.74) is 8.75. The number of carbonyl (C=O) groups is 1. The third-order valence-electron chi connectivity index (χ3n) is 4.79. The molecule has 1 aromatic heterocycles. The minimum absolute atomic E-state index is 0.128. The Morgan fingerprint density at radius 2 is 1.90 bits per heavy atom. The van der Waals surface area contributed by atoms with Crippen LogP contribution in [-0.2, 0) is 10.5 Å². The molecule has 0 saturated heterocycles. The monoisotopic (exact) mass is 459 g/mol. The van der Waals surface area contributed by atoms with Gasteiger partial charge in [-0.15, -0.1) is 11.8 Å². The molecule has 0 aliphatic heterocycles. The van der Waals surface area contributed by atoms with Gasteiger partial charge in [0, 0.05) is 22.7 Å². The molecule has 0 atom stereocenters. The number of hydrazone groups is 1. The number of hydrogen-bond donors (Lipinski definition) is 1. The Morgan fingerprint density at radius 1 is 1.13 bits per heavy atom. The second-order valence-electron chi connectivity index (χ2n) is 6.95. The molecule has 3 rings (SSSR count). The lowest BCUT2D eigenvalue weighted by Crippen LogP contribution is -2.19. The van der Waals surface area contributed by atoms with Gasteiger partial charge in [-0.1, -0.05) is 53.5 Å². The number of benzene rings is 2. The van der Waals surface area contributed by atoms with E-state index in [1.807, 2.05) is 48.7 Å². The van der Waals surface area contributed by atoms with Crippen molar-refractivity contribution < 1.29 is 4.79 Å². The topological polar surface area (TPSA) is 46.4 Å². The lowest BCUT2D eigenvalue weighted by molar-refractivity contribution is -0.118. The first kappa shape index (κ1) is 22.5. The minimum Gasteiger partial charge on any atom is -0.316 e. The molecule has 156 valence electrons. The van der Waals surface area contributed by atoms with Gasteiger partial charge in [-0.2, -0.15) is 5.10 Å². The summed E-state index contributed by atoms with van der Waals surface area (Å²) in [5, 5.41) is 5.13. The van der Waals surface area contributed by atoms with E-state index in [1.165, 1.54) is 11.1 Å². The van der Waals surface area contributed by atoms with Crippen molar-refractivity contribution >= 4 is 47.1 Å². The summed E-state index contributed by atoms with van der Waals surface area (Å²) in [5.74, 6) is 1.02. The quantitative estimate of drug-likeness (QED) is 0.343. The highest BCUT2D eigenvalue weighted by atomic mass is 35.5. The van der Waals surface area contributed by atoms with E-state index in [9.17, 15) is 4.79 Å². The van der Waals surface area contributed by atoms with Gasteiger partial charge in [0.1, 0.15) is 0 Å². The van der Waals surface area contributed by atoms with Crippen LogP contribution in [0.5, 0.6) is 0 Å². The molecule has 0 bridgehead atoms. The maximum Gasteiger partial charge on any atom is 0.250 e. The molecule has 0 unspecified atom stereocenters. The third-order valence-corrected chi connectivity index (χ3v) is 6.58. The standard InChI is InChI=1S/C23H23Cl2N3OS/c1-15-7-4-5-8-18(15)13-30-14-22(29)27-26-12-19-11-16(2)28(17(19)3)21-10-6-9-20(24)23(21)25/h4-12H,13-14H2,1-3H3,(H,27,29)/b26-12+. The molecule has 0 radical (unpaired) electrons. The van der Waals surface area contributed by atoms with Crippen LogP contribution in [-0.4, -0.2) is 22.4 Å². The van der Waals surface area contributed by atoms with Crippen molar-refractivity contribution in [2.24, 2.45) is 5.10 Å². The summed E-state index contributed by atoms with van der Waals surface area (Å²) < 4.78 is 2.02. The predicted octanol–water partition coefficient (Wildman–Crippen LogP) is 6.09. The number of hydrogen-bond acceptors (Lipinski definition) is 3. The molecular formula is C23H23Cl2N3OS. The molecule has 4 nitrogen and oxygen atoms in total. The van der Waals surface area contributed by atoms with Crippen molar-refractivity contribution in [1.82, 2.24) is 9.99 Å². The summed E-state index contributed by atoms with van der Waals surface area (Å²) in [7, 11) is 0. The maximum absolute atomic E-state index is 12.1. The van der Waals surface area contributed by atoms with Crippen LogP contribution < -0.4 is 5.43 Å². The van der Waals surface area contributed by atoms with Gasteiger partial charge in [0.2, 0.25) is 5.91 Å². The summed E-state index contributed by atoms with van der Waals surface area (Å²) in [4.78, 5) is 12.1. The van der Waals surface area contributed by atoms with E-state index in [0.29, 0.717) is 15.8 Å². The van der Waals surface area contributed by atoms with Crippen molar-refractivity contribution in [3.8, 4) is 5.69 Å². The number of nitrogens with zero attached hydrogens (tertiary/aromatic N) is 2. The Bertz CT molecular complexity index is 1090. The predicted molar refractivity (Wildman–Crippen MR) is 128 cm³/mol. The summed E-state index contributed by atoms with van der Waals surface area (Å²) >= 11 is 14.1. The number of nitrogens with one attached hydrogen (secondary N) is 1. The Balaban J connectivity index is 1.61. The fraction of sp³-hybridized carbons (Fsp3) is 0.217. The van der Waals surface area contributed by atoms with Crippen LogP contribution in [0, 0.1) is 20.8 Å². The van der Waals surface area contributed by atoms with E-state index in [1.54, 1.807) is 24.0 Å². The first-order chi connectivity index (χ1) is 14.4. The molecule has 3 aromatic rings. The minimum atomic E-state index is -0.128. The Morgan fingerprint density at radius 3 is 2.67 bits per heavy atom. The van der Waals surface area contributed by atoms with E-state index < -0.39 is 0 Å². The molecule has 0 spiro atoms. The molecular weight excluding hydrogens is 437 g/mol. The lowest BCUT2D eigenvalue weighted by atomic mass is 10.1. The normalized spacial score (nSPS) is 11.2. The van der Waals surface area contributed by atoms with Crippen LogP contribution in [0.15, 0.2) is 53.6 Å². The molecule has 7 heteroatoms. The second-order valence-corrected chi connectivity index (χ2v) is 8.72. The van der Waals surface area contributed by atoms with E-state index in [-0.39, 0.29) is 5.91 Å². The number of rotatable bonds is 7. The second kappa shape index (κ2) is 10.2. The number of halogens is 2. The molecule has 2 aromatic carbocycles. The molecule has 0 aliphatic carbocycles. The highest BCUT2D eigenvalue weighted by molar-refractivity contribution is 7.99. The van der Waals surface area contributed by atoms with E-state index in [2.05, 4.69) is 29.6 Å². The average molecular weight is 460 g/mol. The maximum atomic E-state index is 12.1. The van der Waals surface area contributed by atoms with Crippen molar-refractivity contribution in [3.63, 3.8) is 0 Å². The van der Waals surface area contributed by atoms with Gasteiger partial charge in [-0.05, 0) is 50.1 Å². The number of amides is 1. The zero-order valence-corrected chi connectivity index (χ0v) is 19.4. The van der Waals surface area contributed by atoms with Gasteiger partial charge in [0.05, 0.1) is 27.7 Å². The number of aromatic nitrogens is 1. The number of aryl methyl sites for hydroxylation is 2. The van der Waals surface area contributed by atoms with Crippen LogP contribution >= 0.6 is 35.0 Å². The van der Waals surface area contributed by atoms with Crippen LogP contribution in [0.3, 0.4) is 0 Å². The van der Waals surface area contributed by atoms with E-state index in [0.717, 1.165) is 28.4 Å². The average Bonchev–Trinajstić information content (AvgIpc) is 2.99. The highest BCUT2D eigenvalue weighted by Crippen LogP contribution is 2.31. The SMILES string of the molecule is Cc1ccccc1CSCC(=O)N/N=C/c1cc(C)n(-c2cccc(Cl)c2Cl)c1C. The van der Waals surface area contributed by atoms with Gasteiger partial charge in [-0.3, -0.25) is 4.79 Å². The molecule has 1 N–H and O–H groups in total. The fourth-order valence-corrected chi connectivity index (χ4v) is 4.46. The summed E-state index contributed by atoms with van der Waals surface area (Å²) in [6, 6.07) is 15.7. The van der Waals surface area contributed by atoms with Gasteiger partial charge >= 0.3 is 0 Å². The Hall–Kier alpha value is -2.21. The van der Waals surface area contributed by atoms with Crippen molar-refractivity contribution in [1.29, 1.82) is 0 Å². The number of thioether (sulfide) groups is 1. The molecule has 0 fully saturated rings. The largest absolute Gasteiger partial charge is 0.316 e. The zero-order valence-electron chi connectivity index (χ0n) is 17.1. The van der Waals surface area contributed by atoms with Gasteiger partial charge in [-0.25, -0.2) is 5.43 Å². The Labute approximate surface area is 191 Å². The Kier molecular flexibility index (Phi) is 7.64. The first-order valence-corrected chi connectivity index (χ1v) is 11.4. The van der Waals surface area contributed by atoms with Crippen LogP contribution in [0.25, 0.3) is 5.69 Å². The molecule has 1 heterocycles. The van der Waals surface area contributed by atoms with Crippen LogP contribution in [0.1, 0.15) is 28.1 Å². The van der Waals surface area contributed by atoms with Crippen molar-refractivity contribution in [2.75, 3.05) is 5.75 Å².